The molecule has 21 heavy (non-hydrogen) atoms. The van der Waals surface area contributed by atoms with Gasteiger partial charge in [-0.15, -0.1) is 0 Å². The van der Waals surface area contributed by atoms with Gasteiger partial charge in [0, 0.05) is 0 Å². The second-order valence-electron chi connectivity index (χ2n) is 3.78. The van der Waals surface area contributed by atoms with Crippen molar-refractivity contribution in [2.45, 2.75) is 5.51 Å². The van der Waals surface area contributed by atoms with Gasteiger partial charge in [-0.1, -0.05) is 6.07 Å². The lowest BCUT2D eigenvalue weighted by Gasteiger charge is -2.09. The van der Waals surface area contributed by atoms with Crippen LogP contribution in [-0.4, -0.2) is 31.7 Å². The normalized spacial score (nSPS) is 14.6. The summed E-state index contributed by atoms with van der Waals surface area (Å²) in [5, 5.41) is 1.81. The molecule has 11 heteroatoms. The van der Waals surface area contributed by atoms with Crippen LogP contribution in [0.1, 0.15) is 31.1 Å². The number of nitrogens with one attached hydrogen (secondary N) is 1. The molecule has 1 N–H and O–H groups in total. The van der Waals surface area contributed by atoms with Crippen LogP contribution >= 0.6 is 0 Å². The zero-order chi connectivity index (χ0) is 16.0. The zero-order valence-corrected chi connectivity index (χ0v) is 10.5. The molecule has 0 unspecified atom stereocenters. The molecule has 2 amide bonds. The van der Waals surface area contributed by atoms with Gasteiger partial charge < -0.3 is 4.18 Å². The van der Waals surface area contributed by atoms with Crippen molar-refractivity contribution < 1.29 is 40.2 Å². The van der Waals surface area contributed by atoms with E-state index in [9.17, 15) is 36.0 Å². The van der Waals surface area contributed by atoms with Gasteiger partial charge in [0.15, 0.2) is 0 Å². The molecule has 0 fully saturated rings. The number of fused-ring (bicyclic) bond motifs is 1. The number of benzene rings is 1. The van der Waals surface area contributed by atoms with Crippen molar-refractivity contribution >= 4 is 27.9 Å². The highest BCUT2D eigenvalue weighted by atomic mass is 32.2. The maximum atomic E-state index is 12.1. The summed E-state index contributed by atoms with van der Waals surface area (Å²) in [4.78, 5) is 34.3. The molecule has 1 aromatic rings. The summed E-state index contributed by atoms with van der Waals surface area (Å²) in [5.74, 6) is -3.80. The van der Waals surface area contributed by atoms with E-state index in [1.54, 1.807) is 0 Å². The number of halogens is 3. The van der Waals surface area contributed by atoms with Crippen LogP contribution < -0.4 is 5.32 Å². The number of carbonyl (C=O) groups excluding carboxylic acids is 3. The lowest BCUT2D eigenvalue weighted by Crippen LogP contribution is -2.28. The van der Waals surface area contributed by atoms with E-state index >= 15 is 0 Å². The topological polar surface area (TPSA) is 107 Å². The van der Waals surface area contributed by atoms with Crippen LogP contribution in [0.15, 0.2) is 18.2 Å². The van der Waals surface area contributed by atoms with Gasteiger partial charge in [-0.05, 0) is 12.1 Å². The Hall–Kier alpha value is -2.43. The summed E-state index contributed by atoms with van der Waals surface area (Å²) in [6.07, 6.45) is 0. The number of imide groups is 1. The molecule has 112 valence electrons. The summed E-state index contributed by atoms with van der Waals surface area (Å²) in [5.41, 5.74) is -7.36. The van der Waals surface area contributed by atoms with E-state index in [0.29, 0.717) is 0 Å². The number of carbonyl (C=O) groups is 3. The molecule has 0 atom stereocenters. The fraction of sp³-hybridized carbons (Fsp3) is 0.100. The quantitative estimate of drug-likeness (QED) is 0.485. The third-order valence-electron chi connectivity index (χ3n) is 2.45. The predicted octanol–water partition coefficient (Wildman–Crippen LogP) is 0.577. The Morgan fingerprint density at radius 3 is 2.33 bits per heavy atom. The minimum Gasteiger partial charge on any atom is -0.335 e. The maximum Gasteiger partial charge on any atom is 0.534 e. The predicted molar refractivity (Wildman–Crippen MR) is 58.6 cm³/mol. The van der Waals surface area contributed by atoms with Crippen molar-refractivity contribution in [2.24, 2.45) is 0 Å². The lowest BCUT2D eigenvalue weighted by molar-refractivity contribution is -0.0525. The molecule has 0 spiro atoms. The van der Waals surface area contributed by atoms with Crippen LogP contribution in [0.25, 0.3) is 0 Å². The van der Waals surface area contributed by atoms with Crippen LogP contribution in [0.3, 0.4) is 0 Å². The van der Waals surface area contributed by atoms with Gasteiger partial charge in [-0.3, -0.25) is 14.9 Å². The Morgan fingerprint density at radius 1 is 1.14 bits per heavy atom. The minimum absolute atomic E-state index is 0.265. The zero-order valence-electron chi connectivity index (χ0n) is 9.72. The van der Waals surface area contributed by atoms with Gasteiger partial charge in [-0.2, -0.15) is 21.6 Å². The van der Waals surface area contributed by atoms with Crippen LogP contribution in [0.5, 0.6) is 0 Å². The Labute approximate surface area is 114 Å². The van der Waals surface area contributed by atoms with E-state index in [1.807, 2.05) is 5.32 Å². The van der Waals surface area contributed by atoms with Gasteiger partial charge >= 0.3 is 21.6 Å². The molecular weight excluding hydrogens is 319 g/mol. The van der Waals surface area contributed by atoms with Crippen molar-refractivity contribution in [3.63, 3.8) is 0 Å². The highest BCUT2D eigenvalue weighted by Crippen LogP contribution is 2.27. The van der Waals surface area contributed by atoms with Crippen molar-refractivity contribution in [1.82, 2.24) is 5.32 Å². The third-order valence-corrected chi connectivity index (χ3v) is 3.39. The van der Waals surface area contributed by atoms with Gasteiger partial charge in [0.2, 0.25) is 0 Å². The van der Waals surface area contributed by atoms with Crippen LogP contribution in [0.2, 0.25) is 0 Å². The first-order chi connectivity index (χ1) is 9.54. The molecule has 1 heterocycles. The van der Waals surface area contributed by atoms with Crippen molar-refractivity contribution in [3.05, 3.63) is 34.9 Å². The fourth-order valence-corrected chi connectivity index (χ4v) is 1.96. The number of hydrogen-bond acceptors (Lipinski definition) is 6. The Kier molecular flexibility index (Phi) is 3.24. The second kappa shape index (κ2) is 4.55. The second-order valence-corrected chi connectivity index (χ2v) is 5.32. The first-order valence-electron chi connectivity index (χ1n) is 5.08. The number of alkyl halides is 3. The smallest absolute Gasteiger partial charge is 0.335 e. The molecule has 0 radical (unpaired) electrons. The van der Waals surface area contributed by atoms with Gasteiger partial charge in [0.25, 0.3) is 11.8 Å². The van der Waals surface area contributed by atoms with Crippen LogP contribution in [-0.2, 0) is 14.3 Å². The van der Waals surface area contributed by atoms with E-state index < -0.39 is 44.5 Å². The summed E-state index contributed by atoms with van der Waals surface area (Å²) < 4.78 is 61.3. The third kappa shape index (κ3) is 2.46. The molecule has 0 saturated carbocycles. The molecule has 0 saturated heterocycles. The molecular formula is C10H4F3NO6S. The first kappa shape index (κ1) is 15.0. The summed E-state index contributed by atoms with van der Waals surface area (Å²) in [6.45, 7) is 0. The van der Waals surface area contributed by atoms with Crippen LogP contribution in [0, 0.1) is 0 Å². The largest absolute Gasteiger partial charge is 0.534 e. The number of hydrogen-bond donors (Lipinski definition) is 1. The summed E-state index contributed by atoms with van der Waals surface area (Å²) in [6, 6.07) is 3.10. The van der Waals surface area contributed by atoms with E-state index in [-0.39, 0.29) is 5.56 Å². The molecule has 0 aromatic heterocycles. The monoisotopic (exact) mass is 323 g/mol. The standard InChI is InChI=1S/C10H4F3NO6S/c11-10(12,13)21(18,19)20-9(17)5-3-1-2-4-6(5)8(16)14-7(4)15/h1-3H,(H,14,15,16). The summed E-state index contributed by atoms with van der Waals surface area (Å²) >= 11 is 0. The SMILES string of the molecule is O=C1NC(=O)c2c1cccc2C(=O)OS(=O)(=O)C(F)(F)F. The average Bonchev–Trinajstić information content (AvgIpc) is 2.63. The van der Waals surface area contributed by atoms with Crippen LogP contribution in [0.4, 0.5) is 13.2 Å². The Bertz CT molecular complexity index is 767. The van der Waals surface area contributed by atoms with Crippen molar-refractivity contribution in [2.75, 3.05) is 0 Å². The first-order valence-corrected chi connectivity index (χ1v) is 6.49. The molecule has 1 aromatic carbocycles. The van der Waals surface area contributed by atoms with Gasteiger partial charge in [0.1, 0.15) is 0 Å². The molecule has 7 nitrogen and oxygen atoms in total. The molecule has 0 aliphatic carbocycles. The fourth-order valence-electron chi connectivity index (χ4n) is 1.58. The van der Waals surface area contributed by atoms with Gasteiger partial charge in [0.05, 0.1) is 16.7 Å². The van der Waals surface area contributed by atoms with Crippen molar-refractivity contribution in [3.8, 4) is 0 Å². The van der Waals surface area contributed by atoms with E-state index in [4.69, 9.17) is 0 Å². The highest BCUT2D eigenvalue weighted by Gasteiger charge is 2.50. The van der Waals surface area contributed by atoms with E-state index in [1.165, 1.54) is 0 Å². The Balaban J connectivity index is 2.44. The highest BCUT2D eigenvalue weighted by molar-refractivity contribution is 7.88. The number of amides is 2. The minimum atomic E-state index is -6.16. The molecule has 0 bridgehead atoms. The molecule has 1 aliphatic heterocycles. The van der Waals surface area contributed by atoms with E-state index in [2.05, 4.69) is 4.18 Å². The average molecular weight is 323 g/mol. The number of rotatable bonds is 2. The molecule has 1 aliphatic rings. The lowest BCUT2D eigenvalue weighted by atomic mass is 10.0. The summed E-state index contributed by atoms with van der Waals surface area (Å²) in [7, 11) is -6.16. The van der Waals surface area contributed by atoms with Crippen molar-refractivity contribution in [1.29, 1.82) is 0 Å². The Morgan fingerprint density at radius 2 is 1.76 bits per heavy atom. The van der Waals surface area contributed by atoms with Gasteiger partial charge in [-0.25, -0.2) is 4.79 Å². The maximum absolute atomic E-state index is 12.1. The van der Waals surface area contributed by atoms with E-state index in [0.717, 1.165) is 18.2 Å². The molecule has 2 rings (SSSR count).